The molecule has 0 spiro atoms. The molecule has 2 aromatic carbocycles. The number of carbonyl (C=O) groups is 1. The Labute approximate surface area is 158 Å². The molecule has 0 radical (unpaired) electrons. The molecule has 1 heterocycles. The maximum Gasteiger partial charge on any atom is 0.255 e. The molecule has 0 bridgehead atoms. The molecule has 0 saturated heterocycles. The Hall–Kier alpha value is -3.25. The molecular formula is C21H18N2O3S. The Kier molecular flexibility index (Phi) is 5.47. The van der Waals surface area contributed by atoms with Gasteiger partial charge >= 0.3 is 0 Å². The van der Waals surface area contributed by atoms with E-state index < -0.39 is 9.84 Å². The smallest absolute Gasteiger partial charge is 0.255 e. The van der Waals surface area contributed by atoms with Crippen LogP contribution in [0.5, 0.6) is 0 Å². The molecule has 3 aromatic rings. The number of carbonyl (C=O) groups excluding carboxylic acids is 1. The molecule has 5 nitrogen and oxygen atoms in total. The summed E-state index contributed by atoms with van der Waals surface area (Å²) in [6.07, 6.45) is 6.67. The summed E-state index contributed by atoms with van der Waals surface area (Å²) >= 11 is 0. The molecule has 0 aliphatic heterocycles. The molecule has 6 heteroatoms. The third-order valence-electron chi connectivity index (χ3n) is 3.82. The molecule has 0 fully saturated rings. The van der Waals surface area contributed by atoms with Crippen molar-refractivity contribution in [2.75, 3.05) is 11.6 Å². The van der Waals surface area contributed by atoms with E-state index >= 15 is 0 Å². The molecule has 136 valence electrons. The summed E-state index contributed by atoms with van der Waals surface area (Å²) in [7, 11) is -3.28. The number of nitrogens with zero attached hydrogens (tertiary/aromatic N) is 1. The summed E-state index contributed by atoms with van der Waals surface area (Å²) in [5.41, 5.74) is 2.80. The normalized spacial score (nSPS) is 11.4. The fourth-order valence-electron chi connectivity index (χ4n) is 2.43. The summed E-state index contributed by atoms with van der Waals surface area (Å²) < 4.78 is 23.0. The van der Waals surface area contributed by atoms with Gasteiger partial charge in [0.25, 0.3) is 5.91 Å². The number of sulfone groups is 1. The zero-order valence-electron chi connectivity index (χ0n) is 14.7. The highest BCUT2D eigenvalue weighted by molar-refractivity contribution is 7.90. The van der Waals surface area contributed by atoms with Gasteiger partial charge in [-0.05, 0) is 60.2 Å². The fraction of sp³-hybridized carbons (Fsp3) is 0.0476. The van der Waals surface area contributed by atoms with E-state index in [0.717, 1.165) is 17.5 Å². The number of amides is 1. The monoisotopic (exact) mass is 378 g/mol. The first kappa shape index (κ1) is 18.5. The number of anilines is 1. The van der Waals surface area contributed by atoms with E-state index in [2.05, 4.69) is 10.3 Å². The quantitative estimate of drug-likeness (QED) is 0.730. The van der Waals surface area contributed by atoms with Gasteiger partial charge in [0.2, 0.25) is 0 Å². The minimum absolute atomic E-state index is 0.181. The van der Waals surface area contributed by atoms with Gasteiger partial charge in [0.05, 0.1) is 10.6 Å². The van der Waals surface area contributed by atoms with Gasteiger partial charge in [0, 0.05) is 23.7 Å². The van der Waals surface area contributed by atoms with Crippen molar-refractivity contribution in [1.29, 1.82) is 0 Å². The molecule has 0 saturated carbocycles. The molecule has 1 aromatic heterocycles. The second kappa shape index (κ2) is 7.97. The predicted octanol–water partition coefficient (Wildman–Crippen LogP) is 3.91. The first-order valence-electron chi connectivity index (χ1n) is 8.22. The van der Waals surface area contributed by atoms with E-state index in [1.165, 1.54) is 24.3 Å². The standard InChI is InChI=1S/C21H18N2O3S/c1-27(25,26)20-12-9-17(10-13-20)21(24)23-19-7-4-5-16(15-19)8-11-18-6-2-3-14-22-18/h2-15H,1H3,(H,23,24)/b11-8+. The van der Waals surface area contributed by atoms with Gasteiger partial charge in [-0.15, -0.1) is 0 Å². The number of benzene rings is 2. The molecular weight excluding hydrogens is 360 g/mol. The molecule has 27 heavy (non-hydrogen) atoms. The highest BCUT2D eigenvalue weighted by Crippen LogP contribution is 2.16. The third-order valence-corrected chi connectivity index (χ3v) is 4.95. The van der Waals surface area contributed by atoms with E-state index in [1.807, 2.05) is 48.6 Å². The van der Waals surface area contributed by atoms with Crippen molar-refractivity contribution in [3.05, 3.63) is 89.7 Å². The van der Waals surface area contributed by atoms with Crippen LogP contribution in [0.3, 0.4) is 0 Å². The van der Waals surface area contributed by atoms with Crippen LogP contribution >= 0.6 is 0 Å². The second-order valence-electron chi connectivity index (χ2n) is 5.96. The van der Waals surface area contributed by atoms with Gasteiger partial charge in [-0.2, -0.15) is 0 Å². The maximum absolute atomic E-state index is 12.4. The molecule has 0 unspecified atom stereocenters. The van der Waals surface area contributed by atoms with Crippen LogP contribution in [-0.2, 0) is 9.84 Å². The Bertz CT molecular complexity index is 1070. The van der Waals surface area contributed by atoms with Crippen LogP contribution in [0.1, 0.15) is 21.6 Å². The van der Waals surface area contributed by atoms with Crippen molar-refractivity contribution in [2.24, 2.45) is 0 Å². The SMILES string of the molecule is CS(=O)(=O)c1ccc(C(=O)Nc2cccc(/C=C/c3ccccn3)c2)cc1. The Morgan fingerprint density at radius 2 is 1.74 bits per heavy atom. The van der Waals surface area contributed by atoms with Gasteiger partial charge < -0.3 is 5.32 Å². The number of nitrogens with one attached hydrogen (secondary N) is 1. The number of rotatable bonds is 5. The van der Waals surface area contributed by atoms with Crippen molar-refractivity contribution in [3.63, 3.8) is 0 Å². The first-order chi connectivity index (χ1) is 12.9. The Morgan fingerprint density at radius 3 is 2.41 bits per heavy atom. The van der Waals surface area contributed by atoms with E-state index in [0.29, 0.717) is 11.3 Å². The van der Waals surface area contributed by atoms with Crippen LogP contribution in [0, 0.1) is 0 Å². The van der Waals surface area contributed by atoms with E-state index in [1.54, 1.807) is 12.3 Å². The lowest BCUT2D eigenvalue weighted by Gasteiger charge is -2.07. The summed E-state index contributed by atoms with van der Waals surface area (Å²) in [6.45, 7) is 0. The fourth-order valence-corrected chi connectivity index (χ4v) is 3.06. The summed E-state index contributed by atoms with van der Waals surface area (Å²) in [6, 6.07) is 18.9. The summed E-state index contributed by atoms with van der Waals surface area (Å²) in [5.74, 6) is -0.305. The van der Waals surface area contributed by atoms with Crippen LogP contribution in [-0.4, -0.2) is 25.6 Å². The lowest BCUT2D eigenvalue weighted by Crippen LogP contribution is -2.12. The predicted molar refractivity (Wildman–Crippen MR) is 107 cm³/mol. The van der Waals surface area contributed by atoms with Crippen molar-refractivity contribution in [1.82, 2.24) is 4.98 Å². The lowest BCUT2D eigenvalue weighted by molar-refractivity contribution is 0.102. The van der Waals surface area contributed by atoms with E-state index in [9.17, 15) is 13.2 Å². The zero-order chi connectivity index (χ0) is 19.3. The largest absolute Gasteiger partial charge is 0.322 e. The second-order valence-corrected chi connectivity index (χ2v) is 7.98. The highest BCUT2D eigenvalue weighted by atomic mass is 32.2. The molecule has 1 amide bonds. The minimum atomic E-state index is -3.28. The molecule has 0 atom stereocenters. The van der Waals surface area contributed by atoms with E-state index in [-0.39, 0.29) is 10.8 Å². The first-order valence-corrected chi connectivity index (χ1v) is 10.1. The zero-order valence-corrected chi connectivity index (χ0v) is 15.5. The number of aromatic nitrogens is 1. The van der Waals surface area contributed by atoms with Crippen molar-refractivity contribution < 1.29 is 13.2 Å². The number of hydrogen-bond acceptors (Lipinski definition) is 4. The molecule has 1 N–H and O–H groups in total. The van der Waals surface area contributed by atoms with Crippen LogP contribution in [0.15, 0.2) is 77.8 Å². The molecule has 0 aliphatic carbocycles. The van der Waals surface area contributed by atoms with Crippen molar-refractivity contribution >= 4 is 33.6 Å². The number of pyridine rings is 1. The maximum atomic E-state index is 12.4. The molecule has 3 rings (SSSR count). The van der Waals surface area contributed by atoms with Gasteiger partial charge in [-0.25, -0.2) is 8.42 Å². The average molecular weight is 378 g/mol. The topological polar surface area (TPSA) is 76.1 Å². The minimum Gasteiger partial charge on any atom is -0.322 e. The molecule has 0 aliphatic rings. The Morgan fingerprint density at radius 1 is 0.963 bits per heavy atom. The van der Waals surface area contributed by atoms with Gasteiger partial charge in [0.15, 0.2) is 9.84 Å². The highest BCUT2D eigenvalue weighted by Gasteiger charge is 2.10. The van der Waals surface area contributed by atoms with Crippen LogP contribution in [0.25, 0.3) is 12.2 Å². The van der Waals surface area contributed by atoms with Gasteiger partial charge in [-0.3, -0.25) is 9.78 Å². The Balaban J connectivity index is 1.72. The van der Waals surface area contributed by atoms with Gasteiger partial charge in [-0.1, -0.05) is 24.3 Å². The number of hydrogen-bond donors (Lipinski definition) is 1. The van der Waals surface area contributed by atoms with Crippen LogP contribution < -0.4 is 5.32 Å². The van der Waals surface area contributed by atoms with Gasteiger partial charge in [0.1, 0.15) is 0 Å². The third kappa shape index (κ3) is 5.12. The van der Waals surface area contributed by atoms with Crippen molar-refractivity contribution in [2.45, 2.75) is 4.90 Å². The lowest BCUT2D eigenvalue weighted by atomic mass is 10.1. The summed E-state index contributed by atoms with van der Waals surface area (Å²) in [4.78, 5) is 16.8. The summed E-state index contributed by atoms with van der Waals surface area (Å²) in [5, 5.41) is 2.82. The van der Waals surface area contributed by atoms with Crippen molar-refractivity contribution in [3.8, 4) is 0 Å². The van der Waals surface area contributed by atoms with Crippen LogP contribution in [0.4, 0.5) is 5.69 Å². The van der Waals surface area contributed by atoms with Crippen LogP contribution in [0.2, 0.25) is 0 Å². The van der Waals surface area contributed by atoms with E-state index in [4.69, 9.17) is 0 Å². The average Bonchev–Trinajstić information content (AvgIpc) is 2.67.